The van der Waals surface area contributed by atoms with E-state index in [1.54, 1.807) is 36.4 Å². The number of carbonyl (C=O) groups excluding carboxylic acids is 1. The van der Waals surface area contributed by atoms with Gasteiger partial charge in [-0.2, -0.15) is 5.26 Å². The summed E-state index contributed by atoms with van der Waals surface area (Å²) in [7, 11) is 0. The number of rotatable bonds is 9. The molecule has 1 amide bonds. The number of nitrogens with one attached hydrogen (secondary N) is 1. The van der Waals surface area contributed by atoms with Gasteiger partial charge in [-0.25, -0.2) is 0 Å². The van der Waals surface area contributed by atoms with E-state index < -0.39 is 10.8 Å². The molecule has 0 aliphatic heterocycles. The molecule has 0 fully saturated rings. The summed E-state index contributed by atoms with van der Waals surface area (Å²) >= 11 is 1.16. The van der Waals surface area contributed by atoms with E-state index in [4.69, 9.17) is 10.5 Å². The Morgan fingerprint density at radius 2 is 2.04 bits per heavy atom. The Hall–Kier alpha value is -3.51. The second-order valence-electron chi connectivity index (χ2n) is 5.48. The number of hydrogen-bond donors (Lipinski definition) is 2. The van der Waals surface area contributed by atoms with Crippen LogP contribution in [0.1, 0.15) is 12.5 Å². The summed E-state index contributed by atoms with van der Waals surface area (Å²) < 4.78 is 5.38. The Balaban J connectivity index is 2.23. The number of nitro benzene ring substituents is 1. The summed E-state index contributed by atoms with van der Waals surface area (Å²) in [5.74, 6) is 0.139. The summed E-state index contributed by atoms with van der Waals surface area (Å²) in [6.45, 7) is 2.42. The first-order valence-electron chi connectivity index (χ1n) is 8.24. The number of primary amides is 1. The molecule has 9 heteroatoms. The van der Waals surface area contributed by atoms with Crippen LogP contribution in [-0.4, -0.2) is 17.4 Å². The van der Waals surface area contributed by atoms with Gasteiger partial charge >= 0.3 is 0 Å². The molecule has 0 radical (unpaired) electrons. The summed E-state index contributed by atoms with van der Waals surface area (Å²) in [4.78, 5) is 22.1. The molecule has 0 atom stereocenters. The number of thioether (sulfide) groups is 1. The molecule has 3 N–H and O–H groups in total. The Bertz CT molecular complexity index is 936. The molecule has 144 valence electrons. The Morgan fingerprint density at radius 1 is 1.32 bits per heavy atom. The first-order chi connectivity index (χ1) is 13.4. The maximum Gasteiger partial charge on any atom is 0.269 e. The summed E-state index contributed by atoms with van der Waals surface area (Å²) in [6, 6.07) is 15.0. The first-order valence-corrected chi connectivity index (χ1v) is 9.23. The normalized spacial score (nSPS) is 11.1. The third-order valence-corrected chi connectivity index (χ3v) is 4.59. The highest BCUT2D eigenvalue weighted by Gasteiger charge is 2.15. The summed E-state index contributed by atoms with van der Waals surface area (Å²) in [6.07, 6.45) is 0. The standard InChI is InChI=1S/C19H18N4O4S/c1-2-27-16-8-6-14(7-9-16)22-19(17(11-20)18(21)24)28-12-13-4-3-5-15(10-13)23(25)26/h3-10,22H,2,12H2,1H3,(H2,21,24)/b19-17+. The molecule has 0 aromatic heterocycles. The molecule has 0 spiro atoms. The lowest BCUT2D eigenvalue weighted by molar-refractivity contribution is -0.384. The zero-order valence-electron chi connectivity index (χ0n) is 15.0. The number of nitro groups is 1. The van der Waals surface area contributed by atoms with Crippen molar-refractivity contribution in [2.45, 2.75) is 12.7 Å². The largest absolute Gasteiger partial charge is 0.494 e. The average Bonchev–Trinajstić information content (AvgIpc) is 2.68. The van der Waals surface area contributed by atoms with Crippen molar-refractivity contribution in [1.82, 2.24) is 0 Å². The van der Waals surface area contributed by atoms with Crippen molar-refractivity contribution >= 4 is 29.0 Å². The molecule has 2 rings (SSSR count). The van der Waals surface area contributed by atoms with Crippen LogP contribution in [0.2, 0.25) is 0 Å². The Kier molecular flexibility index (Phi) is 7.42. The quantitative estimate of drug-likeness (QED) is 0.286. The number of benzene rings is 2. The molecule has 0 unspecified atom stereocenters. The van der Waals surface area contributed by atoms with Crippen molar-refractivity contribution in [3.63, 3.8) is 0 Å². The lowest BCUT2D eigenvalue weighted by Gasteiger charge is -2.13. The van der Waals surface area contributed by atoms with Crippen LogP contribution in [0.5, 0.6) is 5.75 Å². The molecule has 8 nitrogen and oxygen atoms in total. The van der Waals surface area contributed by atoms with Crippen LogP contribution < -0.4 is 15.8 Å². The van der Waals surface area contributed by atoms with Gasteiger partial charge in [0.15, 0.2) is 0 Å². The van der Waals surface area contributed by atoms with Crippen LogP contribution in [-0.2, 0) is 10.5 Å². The molecule has 0 saturated carbocycles. The predicted octanol–water partition coefficient (Wildman–Crippen LogP) is 3.56. The first kappa shape index (κ1) is 20.8. The number of carbonyl (C=O) groups is 1. The minimum Gasteiger partial charge on any atom is -0.494 e. The van der Waals surface area contributed by atoms with Gasteiger partial charge in [0, 0.05) is 23.6 Å². The fourth-order valence-corrected chi connectivity index (χ4v) is 3.21. The molecule has 0 aliphatic carbocycles. The lowest BCUT2D eigenvalue weighted by atomic mass is 10.2. The van der Waals surface area contributed by atoms with Crippen LogP contribution >= 0.6 is 11.8 Å². The van der Waals surface area contributed by atoms with E-state index in [2.05, 4.69) is 5.32 Å². The van der Waals surface area contributed by atoms with E-state index in [-0.39, 0.29) is 16.3 Å². The van der Waals surface area contributed by atoms with Crippen LogP contribution in [0.15, 0.2) is 59.1 Å². The number of nitriles is 1. The van der Waals surface area contributed by atoms with E-state index in [0.29, 0.717) is 29.4 Å². The zero-order valence-corrected chi connectivity index (χ0v) is 15.9. The van der Waals surface area contributed by atoms with Gasteiger partial charge in [-0.3, -0.25) is 14.9 Å². The fourth-order valence-electron chi connectivity index (χ4n) is 2.24. The van der Waals surface area contributed by atoms with E-state index >= 15 is 0 Å². The van der Waals surface area contributed by atoms with Gasteiger partial charge in [0.2, 0.25) is 0 Å². The smallest absolute Gasteiger partial charge is 0.269 e. The van der Waals surface area contributed by atoms with Gasteiger partial charge in [0.25, 0.3) is 11.6 Å². The average molecular weight is 398 g/mol. The van der Waals surface area contributed by atoms with Gasteiger partial charge < -0.3 is 15.8 Å². The topological polar surface area (TPSA) is 131 Å². The maximum atomic E-state index is 11.6. The van der Waals surface area contributed by atoms with Crippen LogP contribution in [0, 0.1) is 21.4 Å². The second-order valence-corrected chi connectivity index (χ2v) is 6.46. The van der Waals surface area contributed by atoms with Gasteiger partial charge in [-0.1, -0.05) is 12.1 Å². The van der Waals surface area contributed by atoms with Crippen molar-refractivity contribution in [3.8, 4) is 11.8 Å². The molecule has 0 heterocycles. The number of amides is 1. The highest BCUT2D eigenvalue weighted by atomic mass is 32.2. The SMILES string of the molecule is CCOc1ccc(N/C(SCc2cccc([N+](=O)[O-])c2)=C(/C#N)C(N)=O)cc1. The van der Waals surface area contributed by atoms with Crippen molar-refractivity contribution in [1.29, 1.82) is 5.26 Å². The van der Waals surface area contributed by atoms with Crippen molar-refractivity contribution < 1.29 is 14.5 Å². The molecule has 0 saturated heterocycles. The van der Waals surface area contributed by atoms with Crippen molar-refractivity contribution in [2.75, 3.05) is 11.9 Å². The molecular formula is C19H18N4O4S. The Morgan fingerprint density at radius 3 is 2.61 bits per heavy atom. The van der Waals surface area contributed by atoms with Gasteiger partial charge in [-0.05, 0) is 36.8 Å². The predicted molar refractivity (Wildman–Crippen MR) is 107 cm³/mol. The summed E-state index contributed by atoms with van der Waals surface area (Å²) in [5.41, 5.74) is 6.38. The van der Waals surface area contributed by atoms with Crippen LogP contribution in [0.25, 0.3) is 0 Å². The zero-order chi connectivity index (χ0) is 20.5. The molecule has 0 bridgehead atoms. The number of nitrogens with two attached hydrogens (primary N) is 1. The number of nitrogens with zero attached hydrogens (tertiary/aromatic N) is 2. The molecule has 28 heavy (non-hydrogen) atoms. The third-order valence-electron chi connectivity index (χ3n) is 3.51. The monoisotopic (exact) mass is 398 g/mol. The number of hydrogen-bond acceptors (Lipinski definition) is 7. The van der Waals surface area contributed by atoms with Crippen LogP contribution in [0.3, 0.4) is 0 Å². The van der Waals surface area contributed by atoms with Crippen LogP contribution in [0.4, 0.5) is 11.4 Å². The molecule has 2 aromatic carbocycles. The number of non-ortho nitro benzene ring substituents is 1. The number of ether oxygens (including phenoxy) is 1. The molecule has 2 aromatic rings. The minimum atomic E-state index is -0.859. The lowest BCUT2D eigenvalue weighted by Crippen LogP contribution is -2.16. The van der Waals surface area contributed by atoms with E-state index in [1.807, 2.05) is 13.0 Å². The van der Waals surface area contributed by atoms with E-state index in [1.165, 1.54) is 12.1 Å². The van der Waals surface area contributed by atoms with E-state index in [0.717, 1.165) is 11.8 Å². The molecular weight excluding hydrogens is 380 g/mol. The third kappa shape index (κ3) is 5.75. The van der Waals surface area contributed by atoms with Gasteiger partial charge in [0.05, 0.1) is 16.6 Å². The van der Waals surface area contributed by atoms with Gasteiger partial charge in [0.1, 0.15) is 17.4 Å². The van der Waals surface area contributed by atoms with Crippen molar-refractivity contribution in [3.05, 3.63) is 74.8 Å². The highest BCUT2D eigenvalue weighted by Crippen LogP contribution is 2.28. The van der Waals surface area contributed by atoms with Crippen molar-refractivity contribution in [2.24, 2.45) is 5.73 Å². The summed E-state index contributed by atoms with van der Waals surface area (Å²) in [5, 5.41) is 23.5. The number of anilines is 1. The highest BCUT2D eigenvalue weighted by molar-refractivity contribution is 8.02. The Labute approximate surface area is 166 Å². The van der Waals surface area contributed by atoms with Gasteiger partial charge in [-0.15, -0.1) is 11.8 Å². The maximum absolute atomic E-state index is 11.6. The van der Waals surface area contributed by atoms with E-state index in [9.17, 15) is 20.2 Å². The second kappa shape index (κ2) is 9.99. The fraction of sp³-hybridized carbons (Fsp3) is 0.158. The minimum absolute atomic E-state index is 0.0292. The molecule has 0 aliphatic rings.